The van der Waals surface area contributed by atoms with Crippen LogP contribution in [0.4, 0.5) is 30.9 Å². The Hall–Kier alpha value is -3.48. The summed E-state index contributed by atoms with van der Waals surface area (Å²) in [5.74, 6) is -1.15. The van der Waals surface area contributed by atoms with E-state index in [9.17, 15) is 18.8 Å². The number of hydrogen-bond donors (Lipinski definition) is 4. The molecule has 30 heavy (non-hydrogen) atoms. The Morgan fingerprint density at radius 1 is 1.33 bits per heavy atom. The lowest BCUT2D eigenvalue weighted by molar-refractivity contribution is 0.187. The fraction of sp³-hybridized carbons (Fsp3) is 0.400. The molecule has 1 amide bonds. The molecule has 0 aliphatic heterocycles. The first kappa shape index (κ1) is 21.2. The van der Waals surface area contributed by atoms with Crippen molar-refractivity contribution in [3.63, 3.8) is 0 Å². The van der Waals surface area contributed by atoms with E-state index in [0.29, 0.717) is 6.42 Å². The lowest BCUT2D eigenvalue weighted by atomic mass is 10.0. The van der Waals surface area contributed by atoms with Crippen LogP contribution in [0, 0.1) is 35.8 Å². The number of nitriles is 1. The van der Waals surface area contributed by atoms with Crippen molar-refractivity contribution < 1.29 is 18.7 Å². The van der Waals surface area contributed by atoms with E-state index in [4.69, 9.17) is 5.11 Å². The van der Waals surface area contributed by atoms with Gasteiger partial charge in [0, 0.05) is 6.07 Å². The highest BCUT2D eigenvalue weighted by atomic mass is 19.1. The van der Waals surface area contributed by atoms with Crippen molar-refractivity contribution in [2.45, 2.75) is 45.2 Å². The average molecular weight is 416 g/mol. The third-order valence-electron chi connectivity index (χ3n) is 5.00. The molecule has 158 valence electrons. The lowest BCUT2D eigenvalue weighted by Crippen LogP contribution is -2.47. The van der Waals surface area contributed by atoms with Crippen LogP contribution in [-0.2, 0) is 0 Å². The molecule has 1 aliphatic carbocycles. The highest BCUT2D eigenvalue weighted by Crippen LogP contribution is 2.37. The van der Waals surface area contributed by atoms with E-state index < -0.39 is 23.8 Å². The minimum Gasteiger partial charge on any atom is -0.465 e. The molecule has 0 bridgehead atoms. The Kier molecular flexibility index (Phi) is 6.30. The van der Waals surface area contributed by atoms with Crippen LogP contribution < -0.4 is 16.0 Å². The molecular formula is C20H22F2N6O2. The van der Waals surface area contributed by atoms with Crippen LogP contribution in [0.25, 0.3) is 0 Å². The molecule has 0 saturated heterocycles. The number of nitrogens with one attached hydrogen (secondary N) is 3. The van der Waals surface area contributed by atoms with E-state index in [0.717, 1.165) is 18.9 Å². The van der Waals surface area contributed by atoms with Gasteiger partial charge in [-0.2, -0.15) is 5.26 Å². The van der Waals surface area contributed by atoms with Crippen LogP contribution in [0.1, 0.15) is 37.4 Å². The zero-order chi connectivity index (χ0) is 21.8. The number of carbonyl (C=O) groups is 1. The summed E-state index contributed by atoms with van der Waals surface area (Å²) in [7, 11) is 0. The van der Waals surface area contributed by atoms with Gasteiger partial charge in [-0.25, -0.2) is 18.6 Å². The minimum absolute atomic E-state index is 0.0419. The number of carboxylic acid groups (broad SMARTS) is 1. The highest BCUT2D eigenvalue weighted by Gasteiger charge is 2.37. The van der Waals surface area contributed by atoms with Crippen LogP contribution in [-0.4, -0.2) is 33.3 Å². The molecule has 0 unspecified atom stereocenters. The highest BCUT2D eigenvalue weighted by molar-refractivity contribution is 5.66. The number of nitrogens with zero attached hydrogens (tertiary/aromatic N) is 3. The summed E-state index contributed by atoms with van der Waals surface area (Å²) in [6, 6.07) is 3.32. The van der Waals surface area contributed by atoms with Crippen molar-refractivity contribution in [1.29, 1.82) is 5.26 Å². The van der Waals surface area contributed by atoms with Crippen LogP contribution in [0.15, 0.2) is 18.3 Å². The third kappa shape index (κ3) is 4.92. The second-order valence-corrected chi connectivity index (χ2v) is 7.21. The molecule has 10 heteroatoms. The Morgan fingerprint density at radius 2 is 2.07 bits per heavy atom. The topological polar surface area (TPSA) is 123 Å². The predicted octanol–water partition coefficient (Wildman–Crippen LogP) is 3.92. The monoisotopic (exact) mass is 416 g/mol. The number of hydrogen-bond acceptors (Lipinski definition) is 6. The SMILES string of the molecule is CC[C@H](NC(=O)O)[C@@H](Nc1nc(Nc2cnc(C)c(F)c2)c(C#N)cc1F)C1CC1. The number of halogens is 2. The molecule has 0 spiro atoms. The van der Waals surface area contributed by atoms with E-state index in [-0.39, 0.29) is 40.5 Å². The van der Waals surface area contributed by atoms with Crippen molar-refractivity contribution in [2.24, 2.45) is 5.92 Å². The van der Waals surface area contributed by atoms with Crippen molar-refractivity contribution in [1.82, 2.24) is 15.3 Å². The molecule has 1 fully saturated rings. The maximum atomic E-state index is 14.6. The summed E-state index contributed by atoms with van der Waals surface area (Å²) in [6.07, 6.45) is 2.53. The molecule has 4 N–H and O–H groups in total. The zero-order valence-electron chi connectivity index (χ0n) is 16.5. The molecular weight excluding hydrogens is 394 g/mol. The van der Waals surface area contributed by atoms with Gasteiger partial charge >= 0.3 is 6.09 Å². The Labute approximate surface area is 172 Å². The average Bonchev–Trinajstić information content (AvgIpc) is 3.54. The van der Waals surface area contributed by atoms with E-state index in [2.05, 4.69) is 25.9 Å². The predicted molar refractivity (Wildman–Crippen MR) is 106 cm³/mol. The van der Waals surface area contributed by atoms with Gasteiger partial charge in [0.2, 0.25) is 0 Å². The van der Waals surface area contributed by atoms with E-state index in [1.54, 1.807) is 0 Å². The quantitative estimate of drug-likeness (QED) is 0.514. The number of rotatable bonds is 8. The van der Waals surface area contributed by atoms with Gasteiger partial charge in [-0.15, -0.1) is 0 Å². The fourth-order valence-corrected chi connectivity index (χ4v) is 3.25. The molecule has 2 aromatic heterocycles. The summed E-state index contributed by atoms with van der Waals surface area (Å²) in [4.78, 5) is 19.2. The van der Waals surface area contributed by atoms with Gasteiger partial charge < -0.3 is 21.1 Å². The first-order valence-corrected chi connectivity index (χ1v) is 9.58. The minimum atomic E-state index is -1.15. The van der Waals surface area contributed by atoms with Gasteiger partial charge in [-0.05, 0) is 38.2 Å². The Balaban J connectivity index is 1.90. The molecule has 1 aliphatic rings. The van der Waals surface area contributed by atoms with Crippen molar-refractivity contribution in [2.75, 3.05) is 10.6 Å². The lowest BCUT2D eigenvalue weighted by Gasteiger charge is -2.28. The van der Waals surface area contributed by atoms with Crippen molar-refractivity contribution in [3.05, 3.63) is 41.2 Å². The summed E-state index contributed by atoms with van der Waals surface area (Å²) in [5.41, 5.74) is 0.425. The fourth-order valence-electron chi connectivity index (χ4n) is 3.25. The smallest absolute Gasteiger partial charge is 0.404 e. The van der Waals surface area contributed by atoms with Gasteiger partial charge in [0.25, 0.3) is 0 Å². The van der Waals surface area contributed by atoms with Gasteiger partial charge in [0.1, 0.15) is 11.9 Å². The molecule has 8 nitrogen and oxygen atoms in total. The number of anilines is 3. The van der Waals surface area contributed by atoms with Crippen molar-refractivity contribution >= 4 is 23.4 Å². The van der Waals surface area contributed by atoms with E-state index in [1.165, 1.54) is 19.2 Å². The summed E-state index contributed by atoms with van der Waals surface area (Å²) in [6.45, 7) is 3.36. The molecule has 0 aromatic carbocycles. The molecule has 2 heterocycles. The van der Waals surface area contributed by atoms with E-state index >= 15 is 0 Å². The van der Waals surface area contributed by atoms with E-state index in [1.807, 2.05) is 13.0 Å². The molecule has 2 atom stereocenters. The maximum absolute atomic E-state index is 14.6. The molecule has 1 saturated carbocycles. The number of amides is 1. The standard InChI is InChI=1S/C20H22F2N6O2/c1-3-16(26-20(29)30)17(11-4-5-11)27-19-15(22)6-12(8-23)18(28-19)25-13-7-14(21)10(2)24-9-13/h6-7,9,11,16-17,26H,3-5H2,1-2H3,(H,29,30)(H2,25,27,28)/t16-,17-/m0/s1. The number of pyridine rings is 2. The Morgan fingerprint density at radius 3 is 2.63 bits per heavy atom. The first-order valence-electron chi connectivity index (χ1n) is 9.58. The normalized spacial score (nSPS) is 15.0. The Bertz CT molecular complexity index is 990. The largest absolute Gasteiger partial charge is 0.465 e. The second kappa shape index (κ2) is 8.90. The summed E-state index contributed by atoms with van der Waals surface area (Å²) >= 11 is 0. The second-order valence-electron chi connectivity index (χ2n) is 7.21. The first-order chi connectivity index (χ1) is 14.3. The van der Waals surface area contributed by atoms with Crippen LogP contribution in [0.5, 0.6) is 0 Å². The molecule has 0 radical (unpaired) electrons. The van der Waals surface area contributed by atoms with Gasteiger partial charge in [-0.1, -0.05) is 6.92 Å². The van der Waals surface area contributed by atoms with Crippen molar-refractivity contribution in [3.8, 4) is 6.07 Å². The van der Waals surface area contributed by atoms with Crippen LogP contribution in [0.2, 0.25) is 0 Å². The van der Waals surface area contributed by atoms with Gasteiger partial charge in [0.05, 0.1) is 35.2 Å². The van der Waals surface area contributed by atoms with Crippen LogP contribution in [0.3, 0.4) is 0 Å². The summed E-state index contributed by atoms with van der Waals surface area (Å²) in [5, 5.41) is 26.7. The van der Waals surface area contributed by atoms with Crippen LogP contribution >= 0.6 is 0 Å². The van der Waals surface area contributed by atoms with Gasteiger partial charge in [-0.3, -0.25) is 4.98 Å². The zero-order valence-corrected chi connectivity index (χ0v) is 16.5. The van der Waals surface area contributed by atoms with Gasteiger partial charge in [0.15, 0.2) is 17.5 Å². The number of aryl methyl sites for hydroxylation is 1. The summed E-state index contributed by atoms with van der Waals surface area (Å²) < 4.78 is 28.4. The third-order valence-corrected chi connectivity index (χ3v) is 5.00. The number of aromatic nitrogens is 2. The maximum Gasteiger partial charge on any atom is 0.404 e. The molecule has 3 rings (SSSR count). The molecule has 2 aromatic rings.